The first-order valence-electron chi connectivity index (χ1n) is 5.32. The summed E-state index contributed by atoms with van der Waals surface area (Å²) in [5.41, 5.74) is 0. The Hall–Kier alpha value is -0.995. The van der Waals surface area contributed by atoms with Crippen LogP contribution in [-0.4, -0.2) is 19.4 Å². The van der Waals surface area contributed by atoms with E-state index in [1.807, 2.05) is 27.7 Å². The standard InChI is InChI=1S/C10H20BN2O2/c1-7(2)5-9(14)12-11-13-10(15)6-8(3)4/h7-8H,5-6H2,1-4H3,(H,12,14)(H,13,15). The summed E-state index contributed by atoms with van der Waals surface area (Å²) in [7, 11) is 1.31. The molecule has 0 heterocycles. The molecule has 5 heteroatoms. The molecule has 85 valence electrons. The molecule has 0 bridgehead atoms. The summed E-state index contributed by atoms with van der Waals surface area (Å²) in [6.45, 7) is 7.88. The van der Waals surface area contributed by atoms with E-state index < -0.39 is 0 Å². The minimum atomic E-state index is -0.0742. The van der Waals surface area contributed by atoms with Crippen molar-refractivity contribution < 1.29 is 9.59 Å². The van der Waals surface area contributed by atoms with Crippen LogP contribution in [0.25, 0.3) is 0 Å². The van der Waals surface area contributed by atoms with Gasteiger partial charge in [0.05, 0.1) is 0 Å². The summed E-state index contributed by atoms with van der Waals surface area (Å²) < 4.78 is 0. The summed E-state index contributed by atoms with van der Waals surface area (Å²) in [5.74, 6) is 0.499. The molecule has 0 atom stereocenters. The van der Waals surface area contributed by atoms with Crippen LogP contribution in [0.2, 0.25) is 0 Å². The van der Waals surface area contributed by atoms with E-state index in [2.05, 4.69) is 10.5 Å². The Labute approximate surface area is 92.5 Å². The molecule has 15 heavy (non-hydrogen) atoms. The van der Waals surface area contributed by atoms with E-state index in [4.69, 9.17) is 0 Å². The zero-order valence-electron chi connectivity index (χ0n) is 9.96. The smallest absolute Gasteiger partial charge is 0.383 e. The molecule has 0 aliphatic rings. The molecular weight excluding hydrogens is 191 g/mol. The van der Waals surface area contributed by atoms with E-state index in [1.165, 1.54) is 7.55 Å². The van der Waals surface area contributed by atoms with Crippen molar-refractivity contribution in [2.75, 3.05) is 0 Å². The summed E-state index contributed by atoms with van der Waals surface area (Å²) >= 11 is 0. The minimum Gasteiger partial charge on any atom is -0.383 e. The highest BCUT2D eigenvalue weighted by molar-refractivity contribution is 6.38. The van der Waals surface area contributed by atoms with Crippen LogP contribution in [0.4, 0.5) is 0 Å². The zero-order chi connectivity index (χ0) is 11.8. The fourth-order valence-electron chi connectivity index (χ4n) is 1.06. The lowest BCUT2D eigenvalue weighted by Gasteiger charge is -2.07. The van der Waals surface area contributed by atoms with E-state index in [0.717, 1.165) is 0 Å². The first-order chi connectivity index (χ1) is 6.91. The van der Waals surface area contributed by atoms with Crippen molar-refractivity contribution in [3.63, 3.8) is 0 Å². The zero-order valence-corrected chi connectivity index (χ0v) is 9.96. The summed E-state index contributed by atoms with van der Waals surface area (Å²) in [6, 6.07) is 0. The molecule has 0 aliphatic carbocycles. The van der Waals surface area contributed by atoms with Gasteiger partial charge in [-0.15, -0.1) is 0 Å². The number of nitrogens with one attached hydrogen (secondary N) is 2. The third-order valence-electron chi connectivity index (χ3n) is 1.65. The van der Waals surface area contributed by atoms with Gasteiger partial charge in [-0.2, -0.15) is 0 Å². The van der Waals surface area contributed by atoms with Gasteiger partial charge < -0.3 is 10.5 Å². The molecule has 2 N–H and O–H groups in total. The maximum absolute atomic E-state index is 11.2. The Morgan fingerprint density at radius 1 is 0.933 bits per heavy atom. The predicted molar refractivity (Wildman–Crippen MR) is 60.9 cm³/mol. The quantitative estimate of drug-likeness (QED) is 0.639. The Morgan fingerprint density at radius 3 is 1.53 bits per heavy atom. The maximum atomic E-state index is 11.2. The first-order valence-corrected chi connectivity index (χ1v) is 5.32. The molecule has 0 aliphatic heterocycles. The molecule has 1 radical (unpaired) electrons. The van der Waals surface area contributed by atoms with E-state index in [1.54, 1.807) is 0 Å². The van der Waals surface area contributed by atoms with Gasteiger partial charge in [0.2, 0.25) is 11.8 Å². The summed E-state index contributed by atoms with van der Waals surface area (Å²) in [5, 5.41) is 5.04. The van der Waals surface area contributed by atoms with Crippen LogP contribution in [0, 0.1) is 11.8 Å². The van der Waals surface area contributed by atoms with Crippen molar-refractivity contribution in [2.45, 2.75) is 40.5 Å². The molecule has 0 saturated carbocycles. The second-order valence-electron chi connectivity index (χ2n) is 4.48. The number of rotatable bonds is 6. The van der Waals surface area contributed by atoms with Crippen molar-refractivity contribution in [3.05, 3.63) is 0 Å². The van der Waals surface area contributed by atoms with Crippen molar-refractivity contribution in [1.29, 1.82) is 0 Å². The summed E-state index contributed by atoms with van der Waals surface area (Å²) in [6.07, 6.45) is 0.938. The van der Waals surface area contributed by atoms with Crippen LogP contribution in [-0.2, 0) is 9.59 Å². The topological polar surface area (TPSA) is 58.2 Å². The molecule has 0 aromatic heterocycles. The van der Waals surface area contributed by atoms with Crippen LogP contribution >= 0.6 is 0 Å². The molecule has 2 amide bonds. The fourth-order valence-corrected chi connectivity index (χ4v) is 1.06. The SMILES string of the molecule is CC(C)CC(=O)N[B]NC(=O)CC(C)C. The first kappa shape index (κ1) is 14.0. The Balaban J connectivity index is 3.53. The van der Waals surface area contributed by atoms with Crippen molar-refractivity contribution in [1.82, 2.24) is 10.5 Å². The van der Waals surface area contributed by atoms with Crippen LogP contribution in [0.3, 0.4) is 0 Å². The highest BCUT2D eigenvalue weighted by atomic mass is 16.2. The van der Waals surface area contributed by atoms with Crippen molar-refractivity contribution >= 4 is 19.4 Å². The van der Waals surface area contributed by atoms with E-state index in [-0.39, 0.29) is 11.8 Å². The van der Waals surface area contributed by atoms with Gasteiger partial charge in [0.1, 0.15) is 0 Å². The van der Waals surface area contributed by atoms with Crippen LogP contribution in [0.15, 0.2) is 0 Å². The number of carbonyl (C=O) groups is 2. The van der Waals surface area contributed by atoms with Gasteiger partial charge in [0, 0.05) is 12.8 Å². The van der Waals surface area contributed by atoms with Gasteiger partial charge in [-0.3, -0.25) is 9.59 Å². The number of hydrogen-bond acceptors (Lipinski definition) is 2. The second kappa shape index (κ2) is 7.32. The highest BCUT2D eigenvalue weighted by Crippen LogP contribution is 1.98. The molecule has 0 spiro atoms. The van der Waals surface area contributed by atoms with Crippen LogP contribution in [0.5, 0.6) is 0 Å². The Morgan fingerprint density at radius 2 is 1.27 bits per heavy atom. The monoisotopic (exact) mass is 211 g/mol. The van der Waals surface area contributed by atoms with Crippen molar-refractivity contribution in [3.8, 4) is 0 Å². The van der Waals surface area contributed by atoms with Gasteiger partial charge in [0.25, 0.3) is 0 Å². The molecule has 4 nitrogen and oxygen atoms in total. The molecular formula is C10H20BN2O2. The lowest BCUT2D eigenvalue weighted by atomic mass is 10.1. The minimum absolute atomic E-state index is 0.0742. The number of carbonyl (C=O) groups excluding carboxylic acids is 2. The molecule has 0 aromatic rings. The average Bonchev–Trinajstić information content (AvgIpc) is 2.00. The fraction of sp³-hybridized carbons (Fsp3) is 0.800. The van der Waals surface area contributed by atoms with Crippen LogP contribution in [0.1, 0.15) is 40.5 Å². The van der Waals surface area contributed by atoms with E-state index in [0.29, 0.717) is 24.7 Å². The molecule has 0 rings (SSSR count). The molecule has 0 unspecified atom stereocenters. The third kappa shape index (κ3) is 9.31. The molecule has 0 saturated heterocycles. The van der Waals surface area contributed by atoms with E-state index in [9.17, 15) is 9.59 Å². The third-order valence-corrected chi connectivity index (χ3v) is 1.65. The predicted octanol–water partition coefficient (Wildman–Crippen LogP) is 0.845. The lowest BCUT2D eigenvalue weighted by Crippen LogP contribution is -2.41. The molecule has 0 aromatic carbocycles. The Bertz CT molecular complexity index is 195. The molecule has 0 fully saturated rings. The maximum Gasteiger partial charge on any atom is 0.390 e. The Kier molecular flexibility index (Phi) is 6.83. The van der Waals surface area contributed by atoms with Gasteiger partial charge >= 0.3 is 7.55 Å². The normalized spacial score (nSPS) is 10.3. The van der Waals surface area contributed by atoms with Crippen LogP contribution < -0.4 is 10.5 Å². The lowest BCUT2D eigenvalue weighted by molar-refractivity contribution is -0.120. The van der Waals surface area contributed by atoms with Gasteiger partial charge in [-0.25, -0.2) is 0 Å². The van der Waals surface area contributed by atoms with E-state index >= 15 is 0 Å². The van der Waals surface area contributed by atoms with Crippen molar-refractivity contribution in [2.24, 2.45) is 11.8 Å². The van der Waals surface area contributed by atoms with Gasteiger partial charge in [-0.05, 0) is 11.8 Å². The van der Waals surface area contributed by atoms with Gasteiger partial charge in [0.15, 0.2) is 0 Å². The van der Waals surface area contributed by atoms with Gasteiger partial charge in [-0.1, -0.05) is 27.7 Å². The highest BCUT2D eigenvalue weighted by Gasteiger charge is 2.08. The summed E-state index contributed by atoms with van der Waals surface area (Å²) in [4.78, 5) is 22.3. The average molecular weight is 211 g/mol. The number of hydrogen-bond donors (Lipinski definition) is 2. The number of amides is 2. The largest absolute Gasteiger partial charge is 0.390 e. The second-order valence-corrected chi connectivity index (χ2v) is 4.48.